The second-order valence-electron chi connectivity index (χ2n) is 9.28. The van der Waals surface area contributed by atoms with Gasteiger partial charge in [-0.1, -0.05) is 13.0 Å². The minimum absolute atomic E-state index is 0.0120. The van der Waals surface area contributed by atoms with Gasteiger partial charge < -0.3 is 20.3 Å². The number of alkyl halides is 3. The Bertz CT molecular complexity index is 1060. The summed E-state index contributed by atoms with van der Waals surface area (Å²) in [6.07, 6.45) is -0.658. The fraction of sp³-hybridized carbons (Fsp3) is 0.462. The second-order valence-corrected chi connectivity index (χ2v) is 9.28. The summed E-state index contributed by atoms with van der Waals surface area (Å²) in [5, 5.41) is 5.57. The highest BCUT2D eigenvalue weighted by Gasteiger charge is 2.31. The zero-order valence-corrected chi connectivity index (χ0v) is 19.7. The van der Waals surface area contributed by atoms with Crippen LogP contribution in [0.4, 0.5) is 24.5 Å². The SMILES string of the molecule is CC1CCN(c2ccc(NC(=O)c3cccc(C(F)(F)F)c3)cc2C(=O)NCC2CCCO2)CC1. The van der Waals surface area contributed by atoms with Crippen LogP contribution < -0.4 is 15.5 Å². The van der Waals surface area contributed by atoms with E-state index in [1.54, 1.807) is 18.2 Å². The molecule has 2 amide bonds. The zero-order chi connectivity index (χ0) is 25.0. The number of halogens is 3. The van der Waals surface area contributed by atoms with Crippen LogP contribution in [-0.2, 0) is 10.9 Å². The Kier molecular flexibility index (Phi) is 7.64. The first-order valence-corrected chi connectivity index (χ1v) is 12.0. The molecule has 35 heavy (non-hydrogen) atoms. The van der Waals surface area contributed by atoms with Gasteiger partial charge in [0.15, 0.2) is 0 Å². The number of hydrogen-bond donors (Lipinski definition) is 2. The van der Waals surface area contributed by atoms with Gasteiger partial charge in [-0.2, -0.15) is 13.2 Å². The number of benzene rings is 2. The molecule has 2 aliphatic heterocycles. The normalized spacial score (nSPS) is 19.0. The standard InChI is InChI=1S/C26H30F3N3O3/c1-17-9-11-32(12-10-17)23-8-7-20(15-22(23)25(34)30-16-21-6-3-13-35-21)31-24(33)18-4-2-5-19(14-18)26(27,28)29/h2,4-5,7-8,14-15,17,21H,3,6,9-13,16H2,1H3,(H,30,34)(H,31,33). The number of anilines is 2. The summed E-state index contributed by atoms with van der Waals surface area (Å²) in [5.74, 6) is -0.334. The molecule has 0 spiro atoms. The van der Waals surface area contributed by atoms with E-state index in [1.807, 2.05) is 0 Å². The third kappa shape index (κ3) is 6.33. The molecule has 2 fully saturated rings. The van der Waals surface area contributed by atoms with Crippen molar-refractivity contribution in [1.82, 2.24) is 5.32 Å². The van der Waals surface area contributed by atoms with Crippen LogP contribution in [0.1, 0.15) is 58.9 Å². The Hall–Kier alpha value is -3.07. The average Bonchev–Trinajstić information content (AvgIpc) is 3.36. The highest BCUT2D eigenvalue weighted by molar-refractivity contribution is 6.06. The first-order chi connectivity index (χ1) is 16.7. The monoisotopic (exact) mass is 489 g/mol. The molecule has 0 saturated carbocycles. The molecule has 2 saturated heterocycles. The van der Waals surface area contributed by atoms with Crippen LogP contribution in [0.25, 0.3) is 0 Å². The van der Waals surface area contributed by atoms with Crippen molar-refractivity contribution in [2.75, 3.05) is 36.5 Å². The van der Waals surface area contributed by atoms with Crippen molar-refractivity contribution in [3.05, 3.63) is 59.2 Å². The third-order valence-electron chi connectivity index (χ3n) is 6.59. The summed E-state index contributed by atoms with van der Waals surface area (Å²) < 4.78 is 44.7. The molecule has 1 unspecified atom stereocenters. The van der Waals surface area contributed by atoms with Crippen LogP contribution in [0.3, 0.4) is 0 Å². The lowest BCUT2D eigenvalue weighted by Crippen LogP contribution is -2.36. The molecule has 2 N–H and O–H groups in total. The smallest absolute Gasteiger partial charge is 0.376 e. The van der Waals surface area contributed by atoms with Crippen LogP contribution in [0, 0.1) is 5.92 Å². The molecule has 1 atom stereocenters. The molecule has 0 radical (unpaired) electrons. The van der Waals surface area contributed by atoms with E-state index < -0.39 is 17.6 Å². The van der Waals surface area contributed by atoms with Gasteiger partial charge in [0, 0.05) is 43.2 Å². The van der Waals surface area contributed by atoms with Gasteiger partial charge in [-0.25, -0.2) is 0 Å². The minimum Gasteiger partial charge on any atom is -0.376 e. The van der Waals surface area contributed by atoms with Crippen molar-refractivity contribution in [2.24, 2.45) is 5.92 Å². The quantitative estimate of drug-likeness (QED) is 0.592. The topological polar surface area (TPSA) is 70.7 Å². The summed E-state index contributed by atoms with van der Waals surface area (Å²) >= 11 is 0. The van der Waals surface area contributed by atoms with Gasteiger partial charge in [0.2, 0.25) is 0 Å². The lowest BCUT2D eigenvalue weighted by Gasteiger charge is -2.33. The molecule has 9 heteroatoms. The van der Waals surface area contributed by atoms with Crippen LogP contribution in [0.2, 0.25) is 0 Å². The highest BCUT2D eigenvalue weighted by atomic mass is 19.4. The summed E-state index contributed by atoms with van der Waals surface area (Å²) in [7, 11) is 0. The number of piperidine rings is 1. The molecule has 4 rings (SSSR count). The van der Waals surface area contributed by atoms with E-state index >= 15 is 0 Å². The molecule has 2 aliphatic rings. The maximum Gasteiger partial charge on any atom is 0.416 e. The number of carbonyl (C=O) groups is 2. The van der Waals surface area contributed by atoms with Crippen LogP contribution in [0.15, 0.2) is 42.5 Å². The van der Waals surface area contributed by atoms with Crippen molar-refractivity contribution in [2.45, 2.75) is 44.9 Å². The van der Waals surface area contributed by atoms with Crippen molar-refractivity contribution in [3.63, 3.8) is 0 Å². The largest absolute Gasteiger partial charge is 0.416 e. The number of amides is 2. The van der Waals surface area contributed by atoms with Gasteiger partial charge in [0.1, 0.15) is 0 Å². The molecule has 2 aromatic rings. The summed E-state index contributed by atoms with van der Waals surface area (Å²) in [6.45, 7) is 4.94. The number of hydrogen-bond acceptors (Lipinski definition) is 4. The molecular formula is C26H30F3N3O3. The van der Waals surface area contributed by atoms with Gasteiger partial charge in [0.25, 0.3) is 11.8 Å². The Morgan fingerprint density at radius 3 is 2.51 bits per heavy atom. The van der Waals surface area contributed by atoms with Crippen molar-refractivity contribution in [3.8, 4) is 0 Å². The lowest BCUT2D eigenvalue weighted by molar-refractivity contribution is -0.137. The lowest BCUT2D eigenvalue weighted by atomic mass is 9.97. The van der Waals surface area contributed by atoms with Gasteiger partial charge in [-0.15, -0.1) is 0 Å². The van der Waals surface area contributed by atoms with Gasteiger partial charge in [-0.3, -0.25) is 9.59 Å². The molecule has 6 nitrogen and oxygen atoms in total. The summed E-state index contributed by atoms with van der Waals surface area (Å²) in [5.41, 5.74) is 0.523. The Morgan fingerprint density at radius 2 is 1.83 bits per heavy atom. The molecule has 2 aromatic carbocycles. The number of rotatable bonds is 6. The minimum atomic E-state index is -4.54. The number of carbonyl (C=O) groups excluding carboxylic acids is 2. The van der Waals surface area contributed by atoms with Crippen LogP contribution >= 0.6 is 0 Å². The van der Waals surface area contributed by atoms with Gasteiger partial charge in [-0.05, 0) is 68.0 Å². The highest BCUT2D eigenvalue weighted by Crippen LogP contribution is 2.31. The molecule has 0 aromatic heterocycles. The fourth-order valence-electron chi connectivity index (χ4n) is 4.47. The fourth-order valence-corrected chi connectivity index (χ4v) is 4.47. The maximum absolute atomic E-state index is 13.2. The number of nitrogens with zero attached hydrogens (tertiary/aromatic N) is 1. The predicted octanol–water partition coefficient (Wildman–Crippen LogP) is 5.10. The second kappa shape index (κ2) is 10.7. The third-order valence-corrected chi connectivity index (χ3v) is 6.59. The summed E-state index contributed by atoms with van der Waals surface area (Å²) in [6, 6.07) is 9.30. The molecular weight excluding hydrogens is 459 g/mol. The van der Waals surface area contributed by atoms with E-state index in [4.69, 9.17) is 4.74 Å². The number of nitrogens with one attached hydrogen (secondary N) is 2. The van der Waals surface area contributed by atoms with E-state index in [0.717, 1.165) is 56.6 Å². The van der Waals surface area contributed by atoms with Crippen molar-refractivity contribution >= 4 is 23.2 Å². The first kappa shape index (κ1) is 25.0. The van der Waals surface area contributed by atoms with Gasteiger partial charge in [0.05, 0.1) is 17.2 Å². The summed E-state index contributed by atoms with van der Waals surface area (Å²) in [4.78, 5) is 28.0. The van der Waals surface area contributed by atoms with E-state index in [2.05, 4.69) is 22.5 Å². The van der Waals surface area contributed by atoms with Crippen molar-refractivity contribution in [1.29, 1.82) is 0 Å². The van der Waals surface area contributed by atoms with Gasteiger partial charge >= 0.3 is 6.18 Å². The van der Waals surface area contributed by atoms with Crippen LogP contribution in [-0.4, -0.2) is 44.2 Å². The Balaban J connectivity index is 1.55. The van der Waals surface area contributed by atoms with E-state index in [-0.39, 0.29) is 17.6 Å². The maximum atomic E-state index is 13.2. The molecule has 188 valence electrons. The molecule has 2 heterocycles. The Morgan fingerprint density at radius 1 is 1.06 bits per heavy atom. The average molecular weight is 490 g/mol. The first-order valence-electron chi connectivity index (χ1n) is 12.0. The van der Waals surface area contributed by atoms with E-state index in [0.29, 0.717) is 30.3 Å². The zero-order valence-electron chi connectivity index (χ0n) is 19.7. The Labute approximate surface area is 202 Å². The van der Waals surface area contributed by atoms with Crippen molar-refractivity contribution < 1.29 is 27.5 Å². The molecule has 0 bridgehead atoms. The predicted molar refractivity (Wildman–Crippen MR) is 128 cm³/mol. The van der Waals surface area contributed by atoms with Crippen LogP contribution in [0.5, 0.6) is 0 Å². The molecule has 0 aliphatic carbocycles. The number of ether oxygens (including phenoxy) is 1. The van der Waals surface area contributed by atoms with E-state index in [9.17, 15) is 22.8 Å². The van der Waals surface area contributed by atoms with E-state index in [1.165, 1.54) is 12.1 Å².